The zero-order chi connectivity index (χ0) is 19.0. The van der Waals surface area contributed by atoms with Gasteiger partial charge in [0.25, 0.3) is 0 Å². The molecule has 0 heterocycles. The van der Waals surface area contributed by atoms with Gasteiger partial charge < -0.3 is 15.3 Å². The van der Waals surface area contributed by atoms with Crippen molar-refractivity contribution in [3.63, 3.8) is 0 Å². The summed E-state index contributed by atoms with van der Waals surface area (Å²) in [5, 5.41) is 28.0. The van der Waals surface area contributed by atoms with Crippen molar-refractivity contribution in [3.8, 4) is 5.75 Å². The highest BCUT2D eigenvalue weighted by atomic mass is 32.2. The largest absolute Gasteiger partial charge is 0.507 e. The van der Waals surface area contributed by atoms with E-state index in [1.807, 2.05) is 32.9 Å². The Kier molecular flexibility index (Phi) is 8.65. The second-order valence-electron chi connectivity index (χ2n) is 6.79. The first-order chi connectivity index (χ1) is 11.6. The van der Waals surface area contributed by atoms with Crippen LogP contribution in [0.3, 0.4) is 0 Å². The van der Waals surface area contributed by atoms with E-state index >= 15 is 0 Å². The number of phenolic OH excluding ortho intramolecular Hbond substituents is 1. The number of carbonyl (C=O) groups is 2. The van der Waals surface area contributed by atoms with Crippen LogP contribution < -0.4 is 0 Å². The lowest BCUT2D eigenvalue weighted by Crippen LogP contribution is -2.13. The molecule has 0 aliphatic carbocycles. The van der Waals surface area contributed by atoms with Crippen LogP contribution in [-0.2, 0) is 26.5 Å². The Balaban J connectivity index is 2.87. The third kappa shape index (κ3) is 8.05. The molecule has 0 radical (unpaired) electrons. The molecule has 1 rings (SSSR count). The number of aliphatic carboxylic acids is 2. The number of benzene rings is 1. The molecule has 0 aromatic heterocycles. The summed E-state index contributed by atoms with van der Waals surface area (Å²) in [7, 11) is 0. The van der Waals surface area contributed by atoms with Gasteiger partial charge in [-0.15, -0.1) is 0 Å². The van der Waals surface area contributed by atoms with Crippen molar-refractivity contribution >= 4 is 35.5 Å². The fourth-order valence-electron chi connectivity index (χ4n) is 2.22. The lowest BCUT2D eigenvalue weighted by molar-refractivity contribution is -0.137. The molecule has 1 aromatic rings. The van der Waals surface area contributed by atoms with Gasteiger partial charge in [-0.3, -0.25) is 9.59 Å². The highest BCUT2D eigenvalue weighted by Gasteiger charge is 2.21. The summed E-state index contributed by atoms with van der Waals surface area (Å²) in [6.07, 6.45) is 0.231. The number of aromatic hydroxyl groups is 1. The third-order valence-corrected chi connectivity index (χ3v) is 5.54. The van der Waals surface area contributed by atoms with E-state index in [2.05, 4.69) is 0 Å². The summed E-state index contributed by atoms with van der Waals surface area (Å²) in [6.45, 7) is 6.10. The Hall–Kier alpha value is -1.34. The molecule has 3 N–H and O–H groups in total. The van der Waals surface area contributed by atoms with Crippen LogP contribution in [0.15, 0.2) is 12.1 Å². The summed E-state index contributed by atoms with van der Waals surface area (Å²) < 4.78 is 0. The fourth-order valence-corrected chi connectivity index (χ4v) is 3.99. The molecule has 7 heteroatoms. The lowest BCUT2D eigenvalue weighted by Gasteiger charge is -2.23. The molecule has 0 saturated carbocycles. The van der Waals surface area contributed by atoms with E-state index in [-0.39, 0.29) is 24.0 Å². The predicted octanol–water partition coefficient (Wildman–Crippen LogP) is 4.11. The van der Waals surface area contributed by atoms with Gasteiger partial charge in [0.05, 0.1) is 12.8 Å². The average molecular weight is 387 g/mol. The molecular weight excluding hydrogens is 360 g/mol. The molecule has 0 atom stereocenters. The summed E-state index contributed by atoms with van der Waals surface area (Å²) in [6, 6.07) is 3.92. The maximum Gasteiger partial charge on any atom is 0.304 e. The highest BCUT2D eigenvalue weighted by molar-refractivity contribution is 7.98. The summed E-state index contributed by atoms with van der Waals surface area (Å²) >= 11 is 3.04. The van der Waals surface area contributed by atoms with Crippen molar-refractivity contribution in [2.45, 2.75) is 50.5 Å². The van der Waals surface area contributed by atoms with Gasteiger partial charge >= 0.3 is 11.9 Å². The molecule has 0 aliphatic rings. The SMILES string of the molecule is CC(C)(C)c1cc(CSCCC(=O)O)cc(CSCCC(=O)O)c1O. The zero-order valence-corrected chi connectivity index (χ0v) is 16.5. The fraction of sp³-hybridized carbons (Fsp3) is 0.556. The Bertz CT molecular complexity index is 608. The van der Waals surface area contributed by atoms with Crippen LogP contribution in [0.2, 0.25) is 0 Å². The minimum atomic E-state index is -0.823. The molecule has 0 unspecified atom stereocenters. The normalized spacial score (nSPS) is 11.5. The van der Waals surface area contributed by atoms with Crippen molar-refractivity contribution in [2.75, 3.05) is 11.5 Å². The van der Waals surface area contributed by atoms with Gasteiger partial charge in [0.1, 0.15) is 5.75 Å². The van der Waals surface area contributed by atoms with E-state index in [0.29, 0.717) is 23.0 Å². The Morgan fingerprint density at radius 3 is 1.96 bits per heavy atom. The van der Waals surface area contributed by atoms with E-state index in [4.69, 9.17) is 10.2 Å². The Morgan fingerprint density at radius 1 is 0.960 bits per heavy atom. The standard InChI is InChI=1S/C18H26O5S2/c1-18(2,3)14-9-12(10-24-6-4-15(19)20)8-13(17(14)23)11-25-7-5-16(21)22/h8-9,23H,4-7,10-11H2,1-3H3,(H,19,20)(H,21,22). The summed E-state index contributed by atoms with van der Waals surface area (Å²) in [4.78, 5) is 21.2. The van der Waals surface area contributed by atoms with Gasteiger partial charge in [-0.2, -0.15) is 23.5 Å². The van der Waals surface area contributed by atoms with Gasteiger partial charge in [0.2, 0.25) is 0 Å². The first-order valence-electron chi connectivity index (χ1n) is 8.05. The van der Waals surface area contributed by atoms with Crippen molar-refractivity contribution in [3.05, 3.63) is 28.8 Å². The average Bonchev–Trinajstić information content (AvgIpc) is 2.48. The van der Waals surface area contributed by atoms with Crippen molar-refractivity contribution in [2.24, 2.45) is 0 Å². The molecule has 5 nitrogen and oxygen atoms in total. The number of hydrogen-bond donors (Lipinski definition) is 3. The zero-order valence-electron chi connectivity index (χ0n) is 14.9. The van der Waals surface area contributed by atoms with Crippen LogP contribution in [-0.4, -0.2) is 38.8 Å². The topological polar surface area (TPSA) is 94.8 Å². The van der Waals surface area contributed by atoms with Crippen molar-refractivity contribution < 1.29 is 24.9 Å². The van der Waals surface area contributed by atoms with E-state index in [0.717, 1.165) is 16.7 Å². The number of carboxylic acids is 2. The van der Waals surface area contributed by atoms with Crippen molar-refractivity contribution in [1.82, 2.24) is 0 Å². The number of hydrogen-bond acceptors (Lipinski definition) is 5. The maximum absolute atomic E-state index is 10.6. The first kappa shape index (κ1) is 21.7. The third-order valence-electron chi connectivity index (χ3n) is 3.50. The molecule has 1 aromatic carbocycles. The summed E-state index contributed by atoms with van der Waals surface area (Å²) in [5.41, 5.74) is 2.49. The van der Waals surface area contributed by atoms with E-state index < -0.39 is 11.9 Å². The quantitative estimate of drug-likeness (QED) is 0.521. The molecule has 0 amide bonds. The van der Waals surface area contributed by atoms with E-state index in [9.17, 15) is 14.7 Å². The highest BCUT2D eigenvalue weighted by Crippen LogP contribution is 2.37. The van der Waals surface area contributed by atoms with E-state index in [1.54, 1.807) is 11.8 Å². The van der Waals surface area contributed by atoms with Crippen LogP contribution >= 0.6 is 23.5 Å². The number of rotatable bonds is 10. The molecular formula is C18H26O5S2. The van der Waals surface area contributed by atoms with Gasteiger partial charge in [0.15, 0.2) is 0 Å². The molecule has 0 spiro atoms. The molecule has 140 valence electrons. The second-order valence-corrected chi connectivity index (χ2v) is 9.00. The number of carboxylic acid groups (broad SMARTS) is 2. The monoisotopic (exact) mass is 386 g/mol. The smallest absolute Gasteiger partial charge is 0.304 e. The molecule has 0 bridgehead atoms. The molecule has 0 aliphatic heterocycles. The van der Waals surface area contributed by atoms with Crippen LogP contribution in [0.5, 0.6) is 5.75 Å². The Labute approximate surface area is 157 Å². The van der Waals surface area contributed by atoms with Crippen LogP contribution in [0.1, 0.15) is 50.3 Å². The van der Waals surface area contributed by atoms with E-state index in [1.165, 1.54) is 11.8 Å². The maximum atomic E-state index is 10.6. The van der Waals surface area contributed by atoms with Gasteiger partial charge in [0, 0.05) is 28.6 Å². The van der Waals surface area contributed by atoms with Gasteiger partial charge in [-0.1, -0.05) is 32.9 Å². The predicted molar refractivity (Wildman–Crippen MR) is 104 cm³/mol. The lowest BCUT2D eigenvalue weighted by atomic mass is 9.84. The van der Waals surface area contributed by atoms with Crippen LogP contribution in [0.4, 0.5) is 0 Å². The van der Waals surface area contributed by atoms with Crippen LogP contribution in [0.25, 0.3) is 0 Å². The second kappa shape index (κ2) is 9.97. The Morgan fingerprint density at radius 2 is 1.48 bits per heavy atom. The number of thioether (sulfide) groups is 2. The van der Waals surface area contributed by atoms with Gasteiger partial charge in [-0.05, 0) is 16.5 Å². The summed E-state index contributed by atoms with van der Waals surface area (Å²) in [5.74, 6) is 0.926. The minimum Gasteiger partial charge on any atom is -0.507 e. The molecule has 25 heavy (non-hydrogen) atoms. The molecule has 0 saturated heterocycles. The van der Waals surface area contributed by atoms with Crippen molar-refractivity contribution in [1.29, 1.82) is 0 Å². The van der Waals surface area contributed by atoms with Crippen LogP contribution in [0, 0.1) is 0 Å². The van der Waals surface area contributed by atoms with Gasteiger partial charge in [-0.25, -0.2) is 0 Å². The molecule has 0 fully saturated rings. The number of phenols is 1. The first-order valence-corrected chi connectivity index (χ1v) is 10.4. The minimum absolute atomic E-state index is 0.0995.